The van der Waals surface area contributed by atoms with Crippen LogP contribution in [0.5, 0.6) is 0 Å². The van der Waals surface area contributed by atoms with Crippen molar-refractivity contribution in [2.75, 3.05) is 26.2 Å². The normalized spacial score (nSPS) is 16.9. The second-order valence-corrected chi connectivity index (χ2v) is 7.00. The molecule has 8 heteroatoms. The first-order valence-corrected chi connectivity index (χ1v) is 9.33. The van der Waals surface area contributed by atoms with Crippen molar-refractivity contribution < 1.29 is 0 Å². The molecule has 0 amide bonds. The van der Waals surface area contributed by atoms with E-state index in [0.717, 1.165) is 55.3 Å². The van der Waals surface area contributed by atoms with Crippen molar-refractivity contribution in [1.29, 1.82) is 0 Å². The van der Waals surface area contributed by atoms with E-state index < -0.39 is 0 Å². The van der Waals surface area contributed by atoms with E-state index >= 15 is 0 Å². The minimum atomic E-state index is 0.687. The predicted molar refractivity (Wildman–Crippen MR) is 106 cm³/mol. The highest BCUT2D eigenvalue weighted by Gasteiger charge is 2.22. The molecule has 0 saturated carbocycles. The Bertz CT molecular complexity index is 1060. The van der Waals surface area contributed by atoms with Gasteiger partial charge in [-0.3, -0.25) is 10.00 Å². The third-order valence-electron chi connectivity index (χ3n) is 4.97. The van der Waals surface area contributed by atoms with Gasteiger partial charge >= 0.3 is 0 Å². The highest BCUT2D eigenvalue weighted by molar-refractivity contribution is 5.75. The van der Waals surface area contributed by atoms with Crippen molar-refractivity contribution in [3.05, 3.63) is 53.5 Å². The highest BCUT2D eigenvalue weighted by atomic mass is 15.3. The van der Waals surface area contributed by atoms with E-state index in [9.17, 15) is 0 Å². The predicted octanol–water partition coefficient (Wildman–Crippen LogP) is 1.54. The van der Waals surface area contributed by atoms with E-state index in [1.165, 1.54) is 17.6 Å². The first-order valence-electron chi connectivity index (χ1n) is 9.33. The van der Waals surface area contributed by atoms with E-state index in [-0.39, 0.29) is 0 Å². The van der Waals surface area contributed by atoms with Crippen LogP contribution in [-0.2, 0) is 6.54 Å². The Labute approximate surface area is 162 Å². The number of nitrogens with zero attached hydrogens (tertiary/aromatic N) is 6. The van der Waals surface area contributed by atoms with Crippen molar-refractivity contribution in [2.24, 2.45) is 4.99 Å². The number of imidazole rings is 1. The van der Waals surface area contributed by atoms with Gasteiger partial charge in [0.2, 0.25) is 0 Å². The summed E-state index contributed by atoms with van der Waals surface area (Å²) >= 11 is 0. The largest absolute Gasteiger partial charge is 0.351 e. The first-order chi connectivity index (χ1) is 13.8. The fourth-order valence-corrected chi connectivity index (χ4v) is 3.59. The van der Waals surface area contributed by atoms with Gasteiger partial charge in [0.25, 0.3) is 0 Å². The monoisotopic (exact) mass is 372 g/mol. The van der Waals surface area contributed by atoms with Gasteiger partial charge < -0.3 is 9.88 Å². The summed E-state index contributed by atoms with van der Waals surface area (Å²) in [5, 5.41) is 6.80. The summed E-state index contributed by atoms with van der Waals surface area (Å²) in [7, 11) is 0. The van der Waals surface area contributed by atoms with Crippen LogP contribution in [0.15, 0.2) is 46.9 Å². The maximum absolute atomic E-state index is 4.64. The number of rotatable bonds is 3. The third kappa shape index (κ3) is 3.52. The molecule has 0 atom stereocenters. The Morgan fingerprint density at radius 3 is 3.04 bits per heavy atom. The summed E-state index contributed by atoms with van der Waals surface area (Å²) in [6.45, 7) is 4.15. The minimum Gasteiger partial charge on any atom is -0.351 e. The van der Waals surface area contributed by atoms with Gasteiger partial charge in [-0.25, -0.2) is 15.0 Å². The Hall–Kier alpha value is -3.44. The molecule has 0 spiro atoms. The molecule has 2 aliphatic rings. The Morgan fingerprint density at radius 1 is 1.18 bits per heavy atom. The summed E-state index contributed by atoms with van der Waals surface area (Å²) in [6, 6.07) is 7.98. The average Bonchev–Trinajstić information content (AvgIpc) is 3.37. The fraction of sp³-hybridized carbons (Fsp3) is 0.300. The molecule has 0 bridgehead atoms. The number of hydrogen-bond acceptors (Lipinski definition) is 6. The molecule has 2 N–H and O–H groups in total. The third-order valence-corrected chi connectivity index (χ3v) is 4.97. The molecule has 2 aliphatic heterocycles. The number of H-pyrrole nitrogens is 2. The van der Waals surface area contributed by atoms with E-state index in [0.29, 0.717) is 6.54 Å². The van der Waals surface area contributed by atoms with Crippen molar-refractivity contribution in [3.63, 3.8) is 0 Å². The quantitative estimate of drug-likeness (QED) is 0.681. The molecule has 2 aromatic heterocycles. The molecule has 8 nitrogen and oxygen atoms in total. The molecular formula is C20H20N8. The van der Waals surface area contributed by atoms with E-state index in [1.807, 2.05) is 30.6 Å². The smallest absolute Gasteiger partial charge is 0.183 e. The zero-order valence-corrected chi connectivity index (χ0v) is 15.4. The van der Waals surface area contributed by atoms with Crippen LogP contribution in [0.3, 0.4) is 0 Å². The maximum atomic E-state index is 4.64. The van der Waals surface area contributed by atoms with Crippen LogP contribution in [0.25, 0.3) is 11.0 Å². The SMILES string of the molecule is C(#Cc1nc2ccccc2[nH]1)CN1CCC2=C(CN(Cc3ncn[nH]3)C=N2)C1. The Balaban J connectivity index is 1.21. The minimum absolute atomic E-state index is 0.687. The van der Waals surface area contributed by atoms with Crippen molar-refractivity contribution in [2.45, 2.75) is 13.0 Å². The van der Waals surface area contributed by atoms with Gasteiger partial charge in [0.1, 0.15) is 12.2 Å². The topological polar surface area (TPSA) is 89.1 Å². The van der Waals surface area contributed by atoms with Gasteiger partial charge in [0, 0.05) is 31.8 Å². The van der Waals surface area contributed by atoms with Gasteiger partial charge in [0.15, 0.2) is 5.82 Å². The van der Waals surface area contributed by atoms with E-state index in [2.05, 4.69) is 51.8 Å². The molecule has 0 fully saturated rings. The lowest BCUT2D eigenvalue weighted by molar-refractivity contribution is 0.299. The Kier molecular flexibility index (Phi) is 4.35. The molecule has 3 aromatic rings. The number of para-hydroxylation sites is 2. The number of hydrogen-bond donors (Lipinski definition) is 2. The van der Waals surface area contributed by atoms with Crippen LogP contribution in [-0.4, -0.2) is 67.5 Å². The van der Waals surface area contributed by atoms with Crippen LogP contribution in [0.1, 0.15) is 18.1 Å². The standard InChI is InChI=1S/C20H20N8/c1-2-5-18-17(4-1)24-19(25-18)6-3-8-27-9-7-16-15(10-27)11-28(14-22-16)12-20-21-13-23-26-20/h1-2,4-5,13-14H,7-12H2,(H,24,25)(H,21,23,26). The lowest BCUT2D eigenvalue weighted by Crippen LogP contribution is -2.38. The van der Waals surface area contributed by atoms with Crippen LogP contribution in [0, 0.1) is 11.8 Å². The Morgan fingerprint density at radius 2 is 2.14 bits per heavy atom. The summed E-state index contributed by atoms with van der Waals surface area (Å²) in [6.07, 6.45) is 4.41. The molecule has 0 radical (unpaired) electrons. The molecule has 1 aromatic carbocycles. The van der Waals surface area contributed by atoms with Gasteiger partial charge in [-0.05, 0) is 23.6 Å². The summed E-state index contributed by atoms with van der Waals surface area (Å²) in [5.41, 5.74) is 4.55. The molecule has 0 aliphatic carbocycles. The first kappa shape index (κ1) is 16.7. The number of nitrogens with one attached hydrogen (secondary N) is 2. The van der Waals surface area contributed by atoms with Gasteiger partial charge in [-0.15, -0.1) is 0 Å². The van der Waals surface area contributed by atoms with Crippen LogP contribution < -0.4 is 0 Å². The average molecular weight is 372 g/mol. The van der Waals surface area contributed by atoms with Crippen LogP contribution in [0.4, 0.5) is 0 Å². The highest BCUT2D eigenvalue weighted by Crippen LogP contribution is 2.22. The zero-order valence-electron chi connectivity index (χ0n) is 15.4. The molecule has 4 heterocycles. The van der Waals surface area contributed by atoms with E-state index in [1.54, 1.807) is 0 Å². The van der Waals surface area contributed by atoms with Gasteiger partial charge in [-0.2, -0.15) is 5.10 Å². The molecule has 140 valence electrons. The lowest BCUT2D eigenvalue weighted by Gasteiger charge is -2.33. The molecule has 28 heavy (non-hydrogen) atoms. The summed E-state index contributed by atoms with van der Waals surface area (Å²) in [4.78, 5) is 21.1. The van der Waals surface area contributed by atoms with Gasteiger partial charge in [-0.1, -0.05) is 18.1 Å². The summed E-state index contributed by atoms with van der Waals surface area (Å²) in [5.74, 6) is 7.99. The molecule has 0 saturated heterocycles. The van der Waals surface area contributed by atoms with E-state index in [4.69, 9.17) is 0 Å². The van der Waals surface area contributed by atoms with Crippen molar-refractivity contribution in [1.82, 2.24) is 34.9 Å². The number of fused-ring (bicyclic) bond motifs is 1. The second-order valence-electron chi connectivity index (χ2n) is 7.00. The maximum Gasteiger partial charge on any atom is 0.183 e. The zero-order chi connectivity index (χ0) is 18.8. The van der Waals surface area contributed by atoms with Gasteiger partial charge in [0.05, 0.1) is 30.5 Å². The van der Waals surface area contributed by atoms with Crippen LogP contribution >= 0.6 is 0 Å². The number of aromatic amines is 2. The summed E-state index contributed by atoms with van der Waals surface area (Å²) < 4.78 is 0. The fourth-order valence-electron chi connectivity index (χ4n) is 3.59. The lowest BCUT2D eigenvalue weighted by atomic mass is 10.0. The number of aromatic nitrogens is 5. The molecule has 5 rings (SSSR count). The number of benzene rings is 1. The molecular weight excluding hydrogens is 352 g/mol. The van der Waals surface area contributed by atoms with Crippen LogP contribution in [0.2, 0.25) is 0 Å². The second kappa shape index (κ2) is 7.29. The number of aliphatic imine (C=N–C) groups is 1. The van der Waals surface area contributed by atoms with Crippen molar-refractivity contribution in [3.8, 4) is 11.8 Å². The van der Waals surface area contributed by atoms with Crippen molar-refractivity contribution >= 4 is 17.4 Å². The molecule has 0 unspecified atom stereocenters.